The molecule has 0 amide bonds. The van der Waals surface area contributed by atoms with Gasteiger partial charge in [-0.1, -0.05) is 0 Å². The third kappa shape index (κ3) is 2.28. The Bertz CT molecular complexity index is 472. The van der Waals surface area contributed by atoms with Gasteiger partial charge < -0.3 is 9.64 Å². The van der Waals surface area contributed by atoms with Crippen LogP contribution in [-0.4, -0.2) is 25.8 Å². The molecule has 5 heteroatoms. The Balaban J connectivity index is 2.39. The number of hydrogen-bond acceptors (Lipinski definition) is 3. The summed E-state index contributed by atoms with van der Waals surface area (Å²) in [7, 11) is 0. The largest absolute Gasteiger partial charge is 0.377 e. The van der Waals surface area contributed by atoms with Crippen LogP contribution in [0.5, 0.6) is 0 Å². The first-order valence-electron chi connectivity index (χ1n) is 5.37. The summed E-state index contributed by atoms with van der Waals surface area (Å²) in [6, 6.07) is 5.37. The number of ether oxygens (including phenoxy) is 1. The van der Waals surface area contributed by atoms with Crippen LogP contribution in [0.3, 0.4) is 0 Å². The molecular formula is C12H12BrFN2O. The van der Waals surface area contributed by atoms with Crippen molar-refractivity contribution in [3.05, 3.63) is 28.0 Å². The van der Waals surface area contributed by atoms with Gasteiger partial charge >= 0.3 is 0 Å². The van der Waals surface area contributed by atoms with E-state index in [0.717, 1.165) is 0 Å². The van der Waals surface area contributed by atoms with Gasteiger partial charge in [0, 0.05) is 12.6 Å². The van der Waals surface area contributed by atoms with Crippen LogP contribution in [0.4, 0.5) is 10.1 Å². The van der Waals surface area contributed by atoms with Crippen LogP contribution in [0.25, 0.3) is 0 Å². The second kappa shape index (κ2) is 5.03. The van der Waals surface area contributed by atoms with E-state index in [4.69, 9.17) is 10.00 Å². The van der Waals surface area contributed by atoms with Gasteiger partial charge in [0.1, 0.15) is 6.07 Å². The third-order valence-corrected chi connectivity index (χ3v) is 3.63. The molecule has 1 aliphatic rings. The van der Waals surface area contributed by atoms with Crippen LogP contribution in [0, 0.1) is 17.1 Å². The smallest absolute Gasteiger partial charge is 0.161 e. The van der Waals surface area contributed by atoms with Gasteiger partial charge in [-0.15, -0.1) is 0 Å². The molecule has 1 heterocycles. The molecule has 17 heavy (non-hydrogen) atoms. The zero-order valence-corrected chi connectivity index (χ0v) is 11.0. The predicted octanol–water partition coefficient (Wildman–Crippen LogP) is 2.68. The summed E-state index contributed by atoms with van der Waals surface area (Å²) in [5.74, 6) is -0.377. The van der Waals surface area contributed by atoms with Gasteiger partial charge in [0.05, 0.1) is 28.9 Å². The van der Waals surface area contributed by atoms with Gasteiger partial charge in [0.15, 0.2) is 5.82 Å². The van der Waals surface area contributed by atoms with E-state index in [0.29, 0.717) is 31.0 Å². The maximum absolute atomic E-state index is 14.1. The Morgan fingerprint density at radius 3 is 3.00 bits per heavy atom. The van der Waals surface area contributed by atoms with Crippen LogP contribution >= 0.6 is 15.9 Å². The minimum absolute atomic E-state index is 0.137. The van der Waals surface area contributed by atoms with Crippen molar-refractivity contribution < 1.29 is 9.13 Å². The minimum Gasteiger partial charge on any atom is -0.377 e. The standard InChI is InChI=1S/C12H12BrFN2O/c1-8-7-17-5-4-16(8)10-3-2-9(6-15)11(13)12(10)14/h2-3,8H,4-5,7H2,1H3. The first kappa shape index (κ1) is 12.3. The molecule has 0 saturated carbocycles. The summed E-state index contributed by atoms with van der Waals surface area (Å²) >= 11 is 3.12. The van der Waals surface area contributed by atoms with Gasteiger partial charge in [-0.05, 0) is 35.0 Å². The van der Waals surface area contributed by atoms with E-state index in [1.807, 2.05) is 17.9 Å². The van der Waals surface area contributed by atoms with Crippen molar-refractivity contribution in [1.29, 1.82) is 5.26 Å². The summed E-state index contributed by atoms with van der Waals surface area (Å²) in [5.41, 5.74) is 0.832. The highest BCUT2D eigenvalue weighted by Crippen LogP contribution is 2.30. The van der Waals surface area contributed by atoms with Gasteiger partial charge in [-0.2, -0.15) is 5.26 Å². The Morgan fingerprint density at radius 1 is 1.59 bits per heavy atom. The van der Waals surface area contributed by atoms with E-state index >= 15 is 0 Å². The van der Waals surface area contributed by atoms with Gasteiger partial charge in [-0.3, -0.25) is 0 Å². The van der Waals surface area contributed by atoms with Crippen LogP contribution in [0.15, 0.2) is 16.6 Å². The SMILES string of the molecule is CC1COCCN1c1ccc(C#N)c(Br)c1F. The monoisotopic (exact) mass is 298 g/mol. The maximum Gasteiger partial charge on any atom is 0.161 e. The van der Waals surface area contributed by atoms with Crippen LogP contribution in [0.2, 0.25) is 0 Å². The van der Waals surface area contributed by atoms with Gasteiger partial charge in [-0.25, -0.2) is 4.39 Å². The molecule has 0 N–H and O–H groups in total. The molecule has 1 saturated heterocycles. The topological polar surface area (TPSA) is 36.3 Å². The van der Waals surface area contributed by atoms with E-state index in [1.54, 1.807) is 12.1 Å². The number of hydrogen-bond donors (Lipinski definition) is 0. The Hall–Kier alpha value is -1.12. The van der Waals surface area contributed by atoms with E-state index in [1.165, 1.54) is 0 Å². The molecule has 1 aliphatic heterocycles. The quantitative estimate of drug-likeness (QED) is 0.800. The van der Waals surface area contributed by atoms with Crippen molar-refractivity contribution in [2.75, 3.05) is 24.7 Å². The van der Waals surface area contributed by atoms with E-state index in [2.05, 4.69) is 15.9 Å². The summed E-state index contributed by atoms with van der Waals surface area (Å²) in [6.07, 6.45) is 0. The number of benzene rings is 1. The average Bonchev–Trinajstić information content (AvgIpc) is 2.34. The number of rotatable bonds is 1. The fourth-order valence-corrected chi connectivity index (χ4v) is 2.36. The number of halogens is 2. The van der Waals surface area contributed by atoms with Crippen molar-refractivity contribution >= 4 is 21.6 Å². The van der Waals surface area contributed by atoms with Gasteiger partial charge in [0.25, 0.3) is 0 Å². The molecule has 0 aliphatic carbocycles. The van der Waals surface area contributed by atoms with Crippen LogP contribution in [-0.2, 0) is 4.74 Å². The lowest BCUT2D eigenvalue weighted by Crippen LogP contribution is -2.44. The normalized spacial score (nSPS) is 20.1. The van der Waals surface area contributed by atoms with Crippen molar-refractivity contribution in [3.8, 4) is 6.07 Å². The second-order valence-corrected chi connectivity index (χ2v) is 4.78. The molecule has 0 bridgehead atoms. The van der Waals surface area contributed by atoms with Crippen molar-refractivity contribution in [3.63, 3.8) is 0 Å². The Kier molecular flexibility index (Phi) is 3.65. The third-order valence-electron chi connectivity index (χ3n) is 2.86. The van der Waals surface area contributed by atoms with Crippen molar-refractivity contribution in [2.24, 2.45) is 0 Å². The number of nitriles is 1. The highest BCUT2D eigenvalue weighted by atomic mass is 79.9. The molecule has 0 spiro atoms. The van der Waals surface area contributed by atoms with Crippen molar-refractivity contribution in [2.45, 2.75) is 13.0 Å². The molecule has 2 rings (SSSR count). The summed E-state index contributed by atoms with van der Waals surface area (Å²) < 4.78 is 19.7. The number of morpholine rings is 1. The zero-order valence-electron chi connectivity index (χ0n) is 9.41. The number of nitrogens with zero attached hydrogens (tertiary/aromatic N) is 2. The molecular weight excluding hydrogens is 287 g/mol. The number of anilines is 1. The average molecular weight is 299 g/mol. The van der Waals surface area contributed by atoms with E-state index in [9.17, 15) is 4.39 Å². The molecule has 1 atom stereocenters. The molecule has 0 radical (unpaired) electrons. The lowest BCUT2D eigenvalue weighted by Gasteiger charge is -2.35. The Morgan fingerprint density at radius 2 is 2.35 bits per heavy atom. The molecule has 0 aromatic heterocycles. The fourth-order valence-electron chi connectivity index (χ4n) is 1.93. The van der Waals surface area contributed by atoms with Crippen LogP contribution in [0.1, 0.15) is 12.5 Å². The highest BCUT2D eigenvalue weighted by molar-refractivity contribution is 9.10. The molecule has 1 aromatic carbocycles. The minimum atomic E-state index is -0.377. The molecule has 90 valence electrons. The van der Waals surface area contributed by atoms with Gasteiger partial charge in [0.2, 0.25) is 0 Å². The first-order valence-corrected chi connectivity index (χ1v) is 6.17. The maximum atomic E-state index is 14.1. The van der Waals surface area contributed by atoms with Crippen molar-refractivity contribution in [1.82, 2.24) is 0 Å². The fraction of sp³-hybridized carbons (Fsp3) is 0.417. The molecule has 1 unspecified atom stereocenters. The highest BCUT2D eigenvalue weighted by Gasteiger charge is 2.23. The zero-order chi connectivity index (χ0) is 12.4. The lowest BCUT2D eigenvalue weighted by atomic mass is 10.1. The first-order chi connectivity index (χ1) is 8.15. The molecule has 1 fully saturated rings. The summed E-state index contributed by atoms with van der Waals surface area (Å²) in [6.45, 7) is 3.85. The lowest BCUT2D eigenvalue weighted by molar-refractivity contribution is 0.0986. The van der Waals surface area contributed by atoms with E-state index in [-0.39, 0.29) is 16.3 Å². The predicted molar refractivity (Wildman–Crippen MR) is 66.4 cm³/mol. The molecule has 3 nitrogen and oxygen atoms in total. The van der Waals surface area contributed by atoms with E-state index < -0.39 is 0 Å². The van der Waals surface area contributed by atoms with Crippen LogP contribution < -0.4 is 4.90 Å². The summed E-state index contributed by atoms with van der Waals surface area (Å²) in [4.78, 5) is 1.96. The second-order valence-electron chi connectivity index (χ2n) is 3.99. The Labute approximate surface area is 108 Å². The summed E-state index contributed by atoms with van der Waals surface area (Å²) in [5, 5.41) is 8.82. The molecule has 1 aromatic rings.